The minimum Gasteiger partial charge on any atom is -0.497 e. The van der Waals surface area contributed by atoms with Crippen molar-refractivity contribution in [2.45, 2.75) is 31.9 Å². The van der Waals surface area contributed by atoms with E-state index in [4.69, 9.17) is 4.74 Å². The van der Waals surface area contributed by atoms with Gasteiger partial charge in [-0.1, -0.05) is 36.4 Å². The molecule has 27 heavy (non-hydrogen) atoms. The van der Waals surface area contributed by atoms with Gasteiger partial charge in [0.15, 0.2) is 0 Å². The predicted octanol–water partition coefficient (Wildman–Crippen LogP) is 2.60. The number of amides is 1. The van der Waals surface area contributed by atoms with Gasteiger partial charge in [-0.2, -0.15) is 0 Å². The summed E-state index contributed by atoms with van der Waals surface area (Å²) in [7, 11) is 1.63. The van der Waals surface area contributed by atoms with Crippen LogP contribution in [0.4, 0.5) is 0 Å². The van der Waals surface area contributed by atoms with Gasteiger partial charge in [-0.3, -0.25) is 9.69 Å². The zero-order valence-corrected chi connectivity index (χ0v) is 16.1. The molecule has 1 saturated heterocycles. The van der Waals surface area contributed by atoms with E-state index in [-0.39, 0.29) is 5.91 Å². The molecule has 2 aromatic rings. The van der Waals surface area contributed by atoms with E-state index in [9.17, 15) is 9.90 Å². The Hall–Kier alpha value is -2.37. The number of hydrogen-bond donors (Lipinski definition) is 2. The van der Waals surface area contributed by atoms with Crippen molar-refractivity contribution in [3.8, 4) is 5.75 Å². The third kappa shape index (κ3) is 4.87. The summed E-state index contributed by atoms with van der Waals surface area (Å²) >= 11 is 0. The van der Waals surface area contributed by atoms with Crippen molar-refractivity contribution in [2.24, 2.45) is 0 Å². The first kappa shape index (κ1) is 19.4. The van der Waals surface area contributed by atoms with Crippen LogP contribution in [0.5, 0.6) is 5.75 Å². The Balaban J connectivity index is 1.45. The number of methoxy groups -OCH3 is 1. The number of rotatable bonds is 7. The zero-order valence-electron chi connectivity index (χ0n) is 16.1. The number of aryl methyl sites for hydroxylation is 1. The standard InChI is InChI=1S/C22H28N2O3/c1-17-5-3-4-6-20(17)22(26)12-14-24(16-22)13-11-21(25)23-15-18-7-9-19(27-2)10-8-18/h3-10,26H,11-16H2,1-2H3,(H,23,25)/t22-/m1/s1. The lowest BCUT2D eigenvalue weighted by molar-refractivity contribution is -0.121. The highest BCUT2D eigenvalue weighted by molar-refractivity contribution is 5.76. The number of carbonyl (C=O) groups excluding carboxylic acids is 1. The van der Waals surface area contributed by atoms with E-state index < -0.39 is 5.60 Å². The Morgan fingerprint density at radius 3 is 2.67 bits per heavy atom. The summed E-state index contributed by atoms with van der Waals surface area (Å²) in [6, 6.07) is 15.7. The van der Waals surface area contributed by atoms with Crippen LogP contribution in [-0.2, 0) is 16.9 Å². The molecule has 2 aromatic carbocycles. The van der Waals surface area contributed by atoms with E-state index in [1.54, 1.807) is 7.11 Å². The second-order valence-electron chi connectivity index (χ2n) is 7.25. The summed E-state index contributed by atoms with van der Waals surface area (Å²) in [6.07, 6.45) is 1.13. The van der Waals surface area contributed by atoms with Crippen LogP contribution < -0.4 is 10.1 Å². The highest BCUT2D eigenvalue weighted by Crippen LogP contribution is 2.33. The number of ether oxygens (including phenoxy) is 1. The quantitative estimate of drug-likeness (QED) is 0.789. The Morgan fingerprint density at radius 2 is 1.96 bits per heavy atom. The highest BCUT2D eigenvalue weighted by atomic mass is 16.5. The van der Waals surface area contributed by atoms with Crippen molar-refractivity contribution in [1.29, 1.82) is 0 Å². The van der Waals surface area contributed by atoms with E-state index in [1.807, 2.05) is 55.5 Å². The van der Waals surface area contributed by atoms with Crippen molar-refractivity contribution in [2.75, 3.05) is 26.7 Å². The lowest BCUT2D eigenvalue weighted by atomic mass is 9.89. The maximum Gasteiger partial charge on any atom is 0.221 e. The van der Waals surface area contributed by atoms with Crippen LogP contribution in [0.2, 0.25) is 0 Å². The van der Waals surface area contributed by atoms with Gasteiger partial charge in [-0.15, -0.1) is 0 Å². The fourth-order valence-electron chi connectivity index (χ4n) is 3.67. The Labute approximate surface area is 161 Å². The molecule has 144 valence electrons. The molecule has 5 nitrogen and oxygen atoms in total. The van der Waals surface area contributed by atoms with E-state index in [2.05, 4.69) is 10.2 Å². The molecular weight excluding hydrogens is 340 g/mol. The number of aliphatic hydroxyl groups is 1. The lowest BCUT2D eigenvalue weighted by Gasteiger charge is -2.25. The molecular formula is C22H28N2O3. The fraction of sp³-hybridized carbons (Fsp3) is 0.409. The first-order chi connectivity index (χ1) is 13.0. The average Bonchev–Trinajstić information content (AvgIpc) is 3.07. The monoisotopic (exact) mass is 368 g/mol. The maximum atomic E-state index is 12.2. The van der Waals surface area contributed by atoms with Crippen molar-refractivity contribution in [3.63, 3.8) is 0 Å². The third-order valence-electron chi connectivity index (χ3n) is 5.28. The molecule has 1 atom stereocenters. The fourth-order valence-corrected chi connectivity index (χ4v) is 3.67. The number of benzene rings is 2. The molecule has 0 spiro atoms. The van der Waals surface area contributed by atoms with Gasteiger partial charge < -0.3 is 15.2 Å². The van der Waals surface area contributed by atoms with Crippen molar-refractivity contribution in [1.82, 2.24) is 10.2 Å². The third-order valence-corrected chi connectivity index (χ3v) is 5.28. The molecule has 3 rings (SSSR count). The summed E-state index contributed by atoms with van der Waals surface area (Å²) in [6.45, 7) is 4.57. The molecule has 1 fully saturated rings. The molecule has 1 aliphatic heterocycles. The number of hydrogen-bond acceptors (Lipinski definition) is 4. The largest absolute Gasteiger partial charge is 0.497 e. The van der Waals surface area contributed by atoms with Crippen LogP contribution in [0.1, 0.15) is 29.5 Å². The average molecular weight is 368 g/mol. The first-order valence-corrected chi connectivity index (χ1v) is 9.41. The molecule has 0 radical (unpaired) electrons. The van der Waals surface area contributed by atoms with E-state index >= 15 is 0 Å². The minimum absolute atomic E-state index is 0.0251. The lowest BCUT2D eigenvalue weighted by Crippen LogP contribution is -2.34. The second-order valence-corrected chi connectivity index (χ2v) is 7.25. The predicted molar refractivity (Wildman–Crippen MR) is 106 cm³/mol. The number of β-amino-alcohol motifs (C(OH)–C–C–N with tert-alkyl or cyclic N) is 1. The molecule has 1 amide bonds. The van der Waals surface area contributed by atoms with E-state index in [0.717, 1.165) is 29.0 Å². The summed E-state index contributed by atoms with van der Waals surface area (Å²) in [5.74, 6) is 0.831. The molecule has 0 aliphatic carbocycles. The van der Waals surface area contributed by atoms with Crippen LogP contribution in [0, 0.1) is 6.92 Å². The number of nitrogens with one attached hydrogen (secondary N) is 1. The Morgan fingerprint density at radius 1 is 1.22 bits per heavy atom. The van der Waals surface area contributed by atoms with Crippen LogP contribution in [0.25, 0.3) is 0 Å². The molecule has 1 heterocycles. The van der Waals surface area contributed by atoms with E-state index in [0.29, 0.717) is 32.5 Å². The van der Waals surface area contributed by atoms with Crippen LogP contribution in [-0.4, -0.2) is 42.7 Å². The van der Waals surface area contributed by atoms with Gasteiger partial charge in [0.2, 0.25) is 5.91 Å². The number of carbonyl (C=O) groups is 1. The van der Waals surface area contributed by atoms with Gasteiger partial charge in [0.05, 0.1) is 7.11 Å². The van der Waals surface area contributed by atoms with Crippen LogP contribution in [0.15, 0.2) is 48.5 Å². The Kier molecular flexibility index (Phi) is 6.14. The van der Waals surface area contributed by atoms with Crippen LogP contribution >= 0.6 is 0 Å². The summed E-state index contributed by atoms with van der Waals surface area (Å²) in [4.78, 5) is 14.3. The number of likely N-dealkylation sites (tertiary alicyclic amines) is 1. The summed E-state index contributed by atoms with van der Waals surface area (Å²) in [5.41, 5.74) is 2.33. The highest BCUT2D eigenvalue weighted by Gasteiger charge is 2.38. The van der Waals surface area contributed by atoms with Gasteiger partial charge in [0, 0.05) is 32.6 Å². The molecule has 0 bridgehead atoms. The van der Waals surface area contributed by atoms with Gasteiger partial charge in [0.25, 0.3) is 0 Å². The van der Waals surface area contributed by atoms with Gasteiger partial charge >= 0.3 is 0 Å². The number of nitrogens with zero attached hydrogens (tertiary/aromatic N) is 1. The second kappa shape index (κ2) is 8.55. The Bertz CT molecular complexity index is 775. The van der Waals surface area contributed by atoms with Crippen LogP contribution in [0.3, 0.4) is 0 Å². The van der Waals surface area contributed by atoms with Crippen molar-refractivity contribution in [3.05, 3.63) is 65.2 Å². The molecule has 0 saturated carbocycles. The van der Waals surface area contributed by atoms with Gasteiger partial charge in [0.1, 0.15) is 11.4 Å². The smallest absolute Gasteiger partial charge is 0.221 e. The maximum absolute atomic E-state index is 12.2. The first-order valence-electron chi connectivity index (χ1n) is 9.41. The van der Waals surface area contributed by atoms with Crippen molar-refractivity contribution < 1.29 is 14.6 Å². The molecule has 0 aromatic heterocycles. The minimum atomic E-state index is -0.815. The zero-order chi connectivity index (χ0) is 19.3. The summed E-state index contributed by atoms with van der Waals surface area (Å²) in [5, 5.41) is 14.0. The molecule has 0 unspecified atom stereocenters. The molecule has 5 heteroatoms. The van der Waals surface area contributed by atoms with Gasteiger partial charge in [-0.05, 0) is 42.2 Å². The van der Waals surface area contributed by atoms with Gasteiger partial charge in [-0.25, -0.2) is 0 Å². The topological polar surface area (TPSA) is 61.8 Å². The molecule has 1 aliphatic rings. The SMILES string of the molecule is COc1ccc(CNC(=O)CCN2CC[C@](O)(c3ccccc3C)C2)cc1. The normalized spacial score (nSPS) is 19.8. The van der Waals surface area contributed by atoms with Crippen molar-refractivity contribution >= 4 is 5.91 Å². The molecule has 2 N–H and O–H groups in total. The van der Waals surface area contributed by atoms with E-state index in [1.165, 1.54) is 0 Å². The summed E-state index contributed by atoms with van der Waals surface area (Å²) < 4.78 is 5.13.